The van der Waals surface area contributed by atoms with Crippen molar-refractivity contribution >= 4 is 11.9 Å². The van der Waals surface area contributed by atoms with Crippen molar-refractivity contribution in [3.63, 3.8) is 0 Å². The maximum Gasteiger partial charge on any atom is 0.308 e. The van der Waals surface area contributed by atoms with Gasteiger partial charge in [-0.2, -0.15) is 0 Å². The number of aliphatic carboxylic acids is 1. The van der Waals surface area contributed by atoms with Crippen LogP contribution in [0.3, 0.4) is 0 Å². The summed E-state index contributed by atoms with van der Waals surface area (Å²) < 4.78 is 18.0. The minimum atomic E-state index is -0.976. The van der Waals surface area contributed by atoms with Crippen LogP contribution in [0.5, 0.6) is 29.0 Å². The maximum absolute atomic E-state index is 13.6. The van der Waals surface area contributed by atoms with E-state index < -0.39 is 23.8 Å². The van der Waals surface area contributed by atoms with Crippen molar-refractivity contribution in [2.75, 3.05) is 40.1 Å². The summed E-state index contributed by atoms with van der Waals surface area (Å²) >= 11 is 0. The van der Waals surface area contributed by atoms with Gasteiger partial charge in [0, 0.05) is 50.3 Å². The summed E-state index contributed by atoms with van der Waals surface area (Å²) in [4.78, 5) is 30.2. The van der Waals surface area contributed by atoms with Gasteiger partial charge >= 0.3 is 5.97 Å². The smallest absolute Gasteiger partial charge is 0.308 e. The summed E-state index contributed by atoms with van der Waals surface area (Å²) in [5.74, 6) is -1.06. The van der Waals surface area contributed by atoms with Gasteiger partial charge in [-0.05, 0) is 37.0 Å². The number of aromatic hydroxyl groups is 2. The van der Waals surface area contributed by atoms with Crippen molar-refractivity contribution in [3.8, 4) is 29.0 Å². The minimum absolute atomic E-state index is 0.0217. The van der Waals surface area contributed by atoms with Crippen LogP contribution in [-0.2, 0) is 16.1 Å². The molecule has 0 bridgehead atoms. The first-order chi connectivity index (χ1) is 19.3. The standard InChI is InChI=1S/C29H41N3O8/c1-4-6-11-30(12-7-5-2)26(35)17-31-16-20(19-14-22(38-3)28-23(15-19)39-18-40-28)27(29(36)37)21(31)10-13-32-24(33)8-9-25(32)34/h8-9,14-15,20-21,27,33-34H,4-7,10-13,16-18H2,1-3H3,(H,36,37)/t20-,21+,27?/m1/s1. The number of nitrogens with zero attached hydrogens (tertiary/aromatic N) is 3. The number of carbonyl (C=O) groups excluding carboxylic acids is 1. The second-order valence-corrected chi connectivity index (χ2v) is 10.5. The number of benzene rings is 1. The lowest BCUT2D eigenvalue weighted by atomic mass is 9.84. The molecule has 11 heteroatoms. The molecule has 2 aliphatic rings. The van der Waals surface area contributed by atoms with E-state index in [0.29, 0.717) is 43.3 Å². The molecule has 1 saturated heterocycles. The van der Waals surface area contributed by atoms with Crippen molar-refractivity contribution < 1.29 is 39.1 Å². The number of amides is 1. The first kappa shape index (κ1) is 29.4. The van der Waals surface area contributed by atoms with Crippen LogP contribution in [-0.4, -0.2) is 87.7 Å². The Morgan fingerprint density at radius 3 is 2.35 bits per heavy atom. The number of aromatic nitrogens is 1. The van der Waals surface area contributed by atoms with Gasteiger partial charge in [-0.25, -0.2) is 0 Å². The largest absolute Gasteiger partial charge is 0.494 e. The lowest BCUT2D eigenvalue weighted by Crippen LogP contribution is -2.45. The fourth-order valence-corrected chi connectivity index (χ4v) is 5.82. The number of carboxylic acids is 1. The van der Waals surface area contributed by atoms with Crippen LogP contribution in [0.25, 0.3) is 0 Å². The fraction of sp³-hybridized carbons (Fsp3) is 0.586. The zero-order valence-corrected chi connectivity index (χ0v) is 23.5. The van der Waals surface area contributed by atoms with Gasteiger partial charge in [0.05, 0.1) is 19.6 Å². The van der Waals surface area contributed by atoms with E-state index >= 15 is 0 Å². The van der Waals surface area contributed by atoms with E-state index in [1.165, 1.54) is 23.8 Å². The molecular formula is C29H41N3O8. The van der Waals surface area contributed by atoms with E-state index in [1.807, 2.05) is 9.80 Å². The molecule has 3 atom stereocenters. The molecule has 1 amide bonds. The number of likely N-dealkylation sites (tertiary alicyclic amines) is 1. The van der Waals surface area contributed by atoms with Gasteiger partial charge in [0.2, 0.25) is 18.4 Å². The lowest BCUT2D eigenvalue weighted by Gasteiger charge is -2.30. The second kappa shape index (κ2) is 13.2. The van der Waals surface area contributed by atoms with E-state index in [9.17, 15) is 24.9 Å². The molecule has 0 aliphatic carbocycles. The molecule has 1 unspecified atom stereocenters. The average Bonchev–Trinajstić information content (AvgIpc) is 3.64. The van der Waals surface area contributed by atoms with Crippen molar-refractivity contribution in [2.24, 2.45) is 5.92 Å². The number of hydrogen-bond donors (Lipinski definition) is 3. The SMILES string of the molecule is CCCCN(CCCC)C(=O)CN1C[C@H](c2cc(OC)c3c(c2)OCO3)C(C(=O)O)[C@@H]1CCn1c(O)ccc1O. The highest BCUT2D eigenvalue weighted by molar-refractivity contribution is 5.79. The van der Waals surface area contributed by atoms with Gasteiger partial charge in [-0.3, -0.25) is 19.1 Å². The topological polar surface area (TPSA) is 134 Å². The van der Waals surface area contributed by atoms with Crippen LogP contribution in [0.4, 0.5) is 0 Å². The predicted octanol–water partition coefficient (Wildman–Crippen LogP) is 3.62. The zero-order valence-electron chi connectivity index (χ0n) is 23.5. The van der Waals surface area contributed by atoms with E-state index in [1.54, 1.807) is 12.1 Å². The van der Waals surface area contributed by atoms with Crippen molar-refractivity contribution in [1.29, 1.82) is 0 Å². The Hall–Kier alpha value is -3.60. The zero-order chi connectivity index (χ0) is 28.8. The molecule has 1 aromatic heterocycles. The summed E-state index contributed by atoms with van der Waals surface area (Å²) in [6.45, 7) is 6.20. The monoisotopic (exact) mass is 559 g/mol. The van der Waals surface area contributed by atoms with Crippen molar-refractivity contribution in [2.45, 2.75) is 64.5 Å². The third-order valence-electron chi connectivity index (χ3n) is 7.98. The minimum Gasteiger partial charge on any atom is -0.494 e. The van der Waals surface area contributed by atoms with Crippen molar-refractivity contribution in [1.82, 2.24) is 14.4 Å². The number of fused-ring (bicyclic) bond motifs is 1. The number of carbonyl (C=O) groups is 2. The summed E-state index contributed by atoms with van der Waals surface area (Å²) in [5.41, 5.74) is 0.730. The molecule has 3 heterocycles. The van der Waals surface area contributed by atoms with Crippen LogP contribution in [0.15, 0.2) is 24.3 Å². The average molecular weight is 560 g/mol. The molecule has 2 aliphatic heterocycles. The third-order valence-corrected chi connectivity index (χ3v) is 7.98. The van der Waals surface area contributed by atoms with Crippen molar-refractivity contribution in [3.05, 3.63) is 29.8 Å². The van der Waals surface area contributed by atoms with Crippen LogP contribution in [0, 0.1) is 5.92 Å². The molecule has 1 fully saturated rings. The van der Waals surface area contributed by atoms with Gasteiger partial charge in [0.1, 0.15) is 0 Å². The molecule has 2 aromatic rings. The van der Waals surface area contributed by atoms with E-state index in [2.05, 4.69) is 13.8 Å². The highest BCUT2D eigenvalue weighted by Gasteiger charge is 2.47. The van der Waals surface area contributed by atoms with Gasteiger partial charge in [-0.1, -0.05) is 26.7 Å². The van der Waals surface area contributed by atoms with E-state index in [4.69, 9.17) is 14.2 Å². The maximum atomic E-state index is 13.6. The molecular weight excluding hydrogens is 518 g/mol. The Kier molecular flexibility index (Phi) is 9.67. The molecule has 0 radical (unpaired) electrons. The molecule has 4 rings (SSSR count). The number of rotatable bonds is 14. The van der Waals surface area contributed by atoms with Gasteiger partial charge in [-0.15, -0.1) is 0 Å². The summed E-state index contributed by atoms with van der Waals surface area (Å²) in [6.07, 6.45) is 4.06. The van der Waals surface area contributed by atoms with Crippen LogP contribution < -0.4 is 14.2 Å². The molecule has 0 saturated carbocycles. The third kappa shape index (κ3) is 6.24. The highest BCUT2D eigenvalue weighted by atomic mass is 16.7. The number of unbranched alkanes of at least 4 members (excludes halogenated alkanes) is 2. The van der Waals surface area contributed by atoms with E-state index in [0.717, 1.165) is 31.2 Å². The fourth-order valence-electron chi connectivity index (χ4n) is 5.82. The Bertz CT molecular complexity index is 1150. The summed E-state index contributed by atoms with van der Waals surface area (Å²) in [5, 5.41) is 30.8. The first-order valence-electron chi connectivity index (χ1n) is 14.1. The number of hydrogen-bond acceptors (Lipinski definition) is 8. The van der Waals surface area contributed by atoms with Crippen LogP contribution >= 0.6 is 0 Å². The Balaban J connectivity index is 1.65. The number of carboxylic acid groups (broad SMARTS) is 1. The van der Waals surface area contributed by atoms with Gasteiger partial charge in [0.25, 0.3) is 0 Å². The van der Waals surface area contributed by atoms with Crippen LogP contribution in [0.1, 0.15) is 57.4 Å². The quantitative estimate of drug-likeness (QED) is 0.317. The Morgan fingerprint density at radius 2 is 1.75 bits per heavy atom. The first-order valence-corrected chi connectivity index (χ1v) is 14.1. The predicted molar refractivity (Wildman–Crippen MR) is 147 cm³/mol. The summed E-state index contributed by atoms with van der Waals surface area (Å²) in [7, 11) is 1.52. The Labute approximate surface area is 234 Å². The molecule has 220 valence electrons. The normalized spacial score (nSPS) is 20.1. The molecule has 0 spiro atoms. The van der Waals surface area contributed by atoms with Gasteiger partial charge < -0.3 is 34.4 Å². The second-order valence-electron chi connectivity index (χ2n) is 10.5. The number of ether oxygens (including phenoxy) is 3. The number of methoxy groups -OCH3 is 1. The highest BCUT2D eigenvalue weighted by Crippen LogP contribution is 2.47. The Morgan fingerprint density at radius 1 is 1.07 bits per heavy atom. The van der Waals surface area contributed by atoms with Crippen LogP contribution in [0.2, 0.25) is 0 Å². The molecule has 11 nitrogen and oxygen atoms in total. The summed E-state index contributed by atoms with van der Waals surface area (Å²) in [6, 6.07) is 5.84. The lowest BCUT2D eigenvalue weighted by molar-refractivity contribution is -0.144. The molecule has 1 aromatic carbocycles. The molecule has 3 N–H and O–H groups in total. The molecule has 40 heavy (non-hydrogen) atoms. The van der Waals surface area contributed by atoms with Gasteiger partial charge in [0.15, 0.2) is 23.3 Å². The van der Waals surface area contributed by atoms with E-state index in [-0.39, 0.29) is 37.5 Å².